The van der Waals surface area contributed by atoms with Gasteiger partial charge in [-0.2, -0.15) is 0 Å². The number of methoxy groups -OCH3 is 1. The van der Waals surface area contributed by atoms with E-state index < -0.39 is 0 Å². The zero-order valence-corrected chi connectivity index (χ0v) is 13.5. The lowest BCUT2D eigenvalue weighted by molar-refractivity contribution is 0.414. The fourth-order valence-corrected chi connectivity index (χ4v) is 3.57. The summed E-state index contributed by atoms with van der Waals surface area (Å²) in [6.07, 6.45) is 0. The summed E-state index contributed by atoms with van der Waals surface area (Å²) >= 11 is 7.49. The number of benzene rings is 1. The number of nitrogens with zero attached hydrogens (tertiary/aromatic N) is 3. The van der Waals surface area contributed by atoms with Crippen molar-refractivity contribution in [2.24, 2.45) is 0 Å². The highest BCUT2D eigenvalue weighted by Gasteiger charge is 2.19. The second-order valence-electron chi connectivity index (χ2n) is 4.93. The molecule has 1 aromatic heterocycles. The zero-order chi connectivity index (χ0) is 14.7. The van der Waals surface area contributed by atoms with Crippen molar-refractivity contribution < 1.29 is 4.74 Å². The van der Waals surface area contributed by atoms with E-state index in [-0.39, 0.29) is 0 Å². The van der Waals surface area contributed by atoms with Crippen molar-refractivity contribution in [3.05, 3.63) is 35.3 Å². The van der Waals surface area contributed by atoms with E-state index in [1.807, 2.05) is 17.5 Å². The van der Waals surface area contributed by atoms with Crippen molar-refractivity contribution >= 4 is 33.8 Å². The second-order valence-corrected chi connectivity index (χ2v) is 6.03. The molecule has 0 bridgehead atoms. The molecule has 1 fully saturated rings. The summed E-state index contributed by atoms with van der Waals surface area (Å²) in [4.78, 5) is 9.27. The maximum Gasteiger partial charge on any atom is 0.185 e. The van der Waals surface area contributed by atoms with Gasteiger partial charge >= 0.3 is 0 Å². The lowest BCUT2D eigenvalue weighted by Crippen LogP contribution is -2.46. The number of ether oxygens (including phenoxy) is 1. The largest absolute Gasteiger partial charge is 0.497 e. The highest BCUT2D eigenvalue weighted by molar-refractivity contribution is 7.13. The van der Waals surface area contributed by atoms with Gasteiger partial charge in [0.15, 0.2) is 5.13 Å². The summed E-state index contributed by atoms with van der Waals surface area (Å²) < 4.78 is 5.29. The van der Waals surface area contributed by atoms with E-state index in [1.54, 1.807) is 18.4 Å². The fourth-order valence-electron chi connectivity index (χ4n) is 2.47. The van der Waals surface area contributed by atoms with E-state index in [0.29, 0.717) is 5.88 Å². The van der Waals surface area contributed by atoms with Crippen molar-refractivity contribution in [1.29, 1.82) is 0 Å². The predicted molar refractivity (Wildman–Crippen MR) is 89.1 cm³/mol. The number of thiazole rings is 1. The number of anilines is 2. The summed E-state index contributed by atoms with van der Waals surface area (Å²) in [5.74, 6) is 1.39. The Balaban J connectivity index is 1.64. The van der Waals surface area contributed by atoms with Crippen LogP contribution in [0.2, 0.25) is 0 Å². The monoisotopic (exact) mass is 323 g/mol. The minimum atomic E-state index is 0.486. The Morgan fingerprint density at radius 2 is 2.00 bits per heavy atom. The molecule has 112 valence electrons. The summed E-state index contributed by atoms with van der Waals surface area (Å²) in [6, 6.07) is 8.23. The van der Waals surface area contributed by atoms with Gasteiger partial charge in [0, 0.05) is 43.3 Å². The molecule has 0 saturated carbocycles. The molecule has 0 spiro atoms. The van der Waals surface area contributed by atoms with Crippen LogP contribution < -0.4 is 14.5 Å². The quantitative estimate of drug-likeness (QED) is 0.808. The Labute approximate surface area is 133 Å². The first-order valence-corrected chi connectivity index (χ1v) is 8.36. The highest BCUT2D eigenvalue weighted by Crippen LogP contribution is 2.26. The van der Waals surface area contributed by atoms with Crippen molar-refractivity contribution in [3.8, 4) is 5.75 Å². The molecule has 21 heavy (non-hydrogen) atoms. The van der Waals surface area contributed by atoms with Crippen LogP contribution in [0.3, 0.4) is 0 Å². The summed E-state index contributed by atoms with van der Waals surface area (Å²) in [5, 5.41) is 3.12. The van der Waals surface area contributed by atoms with Crippen molar-refractivity contribution in [1.82, 2.24) is 4.98 Å². The normalized spacial score (nSPS) is 15.3. The summed E-state index contributed by atoms with van der Waals surface area (Å²) in [6.45, 7) is 3.94. The molecule has 1 aromatic carbocycles. The predicted octanol–water partition coefficient (Wildman–Crippen LogP) is 3.22. The topological polar surface area (TPSA) is 28.6 Å². The van der Waals surface area contributed by atoms with Crippen LogP contribution in [0.15, 0.2) is 29.6 Å². The number of alkyl halides is 1. The lowest BCUT2D eigenvalue weighted by Gasteiger charge is -2.36. The van der Waals surface area contributed by atoms with Gasteiger partial charge in [-0.15, -0.1) is 22.9 Å². The molecule has 4 nitrogen and oxygen atoms in total. The lowest BCUT2D eigenvalue weighted by atomic mass is 10.2. The molecule has 1 aliphatic rings. The average Bonchev–Trinajstić information content (AvgIpc) is 3.04. The van der Waals surface area contributed by atoms with E-state index in [2.05, 4.69) is 26.9 Å². The zero-order valence-electron chi connectivity index (χ0n) is 12.0. The minimum absolute atomic E-state index is 0.486. The number of piperazine rings is 1. The molecular formula is C15H18ClN3OS. The molecule has 0 amide bonds. The van der Waals surface area contributed by atoms with Crippen LogP contribution in [0.25, 0.3) is 0 Å². The number of hydrogen-bond acceptors (Lipinski definition) is 5. The standard InChI is InChI=1S/C15H18ClN3OS/c1-20-14-4-2-3-13(9-14)18-5-7-19(8-6-18)15-17-12(10-16)11-21-15/h2-4,9,11H,5-8,10H2,1H3. The maximum atomic E-state index is 5.82. The van der Waals surface area contributed by atoms with Crippen molar-refractivity contribution in [3.63, 3.8) is 0 Å². The van der Waals surface area contributed by atoms with E-state index in [0.717, 1.165) is 42.8 Å². The van der Waals surface area contributed by atoms with Crippen LogP contribution in [0.5, 0.6) is 5.75 Å². The van der Waals surface area contributed by atoms with Gasteiger partial charge in [-0.1, -0.05) is 6.07 Å². The fraction of sp³-hybridized carbons (Fsp3) is 0.400. The van der Waals surface area contributed by atoms with Crippen molar-refractivity contribution in [2.75, 3.05) is 43.1 Å². The van der Waals surface area contributed by atoms with Crippen LogP contribution in [0.1, 0.15) is 5.69 Å². The van der Waals surface area contributed by atoms with Gasteiger partial charge in [-0.25, -0.2) is 4.98 Å². The van der Waals surface area contributed by atoms with Crippen LogP contribution in [-0.2, 0) is 5.88 Å². The van der Waals surface area contributed by atoms with E-state index in [1.165, 1.54) is 5.69 Å². The van der Waals surface area contributed by atoms with Gasteiger partial charge in [0.2, 0.25) is 0 Å². The van der Waals surface area contributed by atoms with Crippen LogP contribution in [0.4, 0.5) is 10.8 Å². The maximum absolute atomic E-state index is 5.82. The number of rotatable bonds is 4. The first kappa shape index (κ1) is 14.5. The van der Waals surface area contributed by atoms with E-state index >= 15 is 0 Å². The molecule has 1 aliphatic heterocycles. The molecule has 2 heterocycles. The van der Waals surface area contributed by atoms with Crippen LogP contribution >= 0.6 is 22.9 Å². The van der Waals surface area contributed by atoms with Gasteiger partial charge < -0.3 is 14.5 Å². The average molecular weight is 324 g/mol. The SMILES string of the molecule is COc1cccc(N2CCN(c3nc(CCl)cs3)CC2)c1. The smallest absolute Gasteiger partial charge is 0.185 e. The van der Waals surface area contributed by atoms with Crippen molar-refractivity contribution in [2.45, 2.75) is 5.88 Å². The van der Waals surface area contributed by atoms with E-state index in [9.17, 15) is 0 Å². The second kappa shape index (κ2) is 6.54. The van der Waals surface area contributed by atoms with Gasteiger partial charge in [0.25, 0.3) is 0 Å². The first-order valence-electron chi connectivity index (χ1n) is 6.94. The Morgan fingerprint density at radius 3 is 2.67 bits per heavy atom. The molecule has 0 unspecified atom stereocenters. The Bertz CT molecular complexity index is 596. The van der Waals surface area contributed by atoms with Gasteiger partial charge in [0.05, 0.1) is 18.7 Å². The number of hydrogen-bond donors (Lipinski definition) is 0. The Hall–Kier alpha value is -1.46. The molecule has 0 atom stereocenters. The number of halogens is 1. The van der Waals surface area contributed by atoms with E-state index in [4.69, 9.17) is 16.3 Å². The number of aromatic nitrogens is 1. The molecule has 1 saturated heterocycles. The third-order valence-electron chi connectivity index (χ3n) is 3.65. The highest BCUT2D eigenvalue weighted by atomic mass is 35.5. The minimum Gasteiger partial charge on any atom is -0.497 e. The third-order valence-corrected chi connectivity index (χ3v) is 4.87. The summed E-state index contributed by atoms with van der Waals surface area (Å²) in [7, 11) is 1.70. The third kappa shape index (κ3) is 3.24. The molecular weight excluding hydrogens is 306 g/mol. The first-order chi connectivity index (χ1) is 10.3. The molecule has 3 rings (SSSR count). The Morgan fingerprint density at radius 1 is 1.24 bits per heavy atom. The Kier molecular flexibility index (Phi) is 4.51. The van der Waals surface area contributed by atoms with Gasteiger partial charge in [-0.05, 0) is 12.1 Å². The van der Waals surface area contributed by atoms with Crippen LogP contribution in [-0.4, -0.2) is 38.3 Å². The summed E-state index contributed by atoms with van der Waals surface area (Å²) in [5.41, 5.74) is 2.18. The van der Waals surface area contributed by atoms with Gasteiger partial charge in [-0.3, -0.25) is 0 Å². The molecule has 0 N–H and O–H groups in total. The molecule has 0 radical (unpaired) electrons. The van der Waals surface area contributed by atoms with Gasteiger partial charge in [0.1, 0.15) is 5.75 Å². The van der Waals surface area contributed by atoms with Crippen LogP contribution in [0, 0.1) is 0 Å². The molecule has 2 aromatic rings. The molecule has 6 heteroatoms. The molecule has 0 aliphatic carbocycles.